The minimum absolute atomic E-state index is 0.155. The van der Waals surface area contributed by atoms with Crippen LogP contribution in [-0.4, -0.2) is 35.5 Å². The molecule has 1 spiro atoms. The van der Waals surface area contributed by atoms with Gasteiger partial charge in [-0.25, -0.2) is 0 Å². The van der Waals surface area contributed by atoms with Gasteiger partial charge in [-0.3, -0.25) is 14.4 Å². The molecule has 3 aliphatic rings. The first-order valence-corrected chi connectivity index (χ1v) is 14.2. The van der Waals surface area contributed by atoms with Crippen LogP contribution in [0.4, 0.5) is 5.69 Å². The van der Waals surface area contributed by atoms with Crippen LogP contribution < -0.4 is 10.1 Å². The average molecular weight is 595 g/mol. The number of nitrogens with one attached hydrogen (secondary N) is 1. The summed E-state index contributed by atoms with van der Waals surface area (Å²) in [6.07, 6.45) is 3.76. The lowest BCUT2D eigenvalue weighted by molar-refractivity contribution is -0.122. The fourth-order valence-corrected chi connectivity index (χ4v) is 7.47. The second-order valence-electron chi connectivity index (χ2n) is 10.7. The molecule has 4 atom stereocenters. The van der Waals surface area contributed by atoms with E-state index in [1.54, 1.807) is 36.4 Å². The molecule has 208 valence electrons. The summed E-state index contributed by atoms with van der Waals surface area (Å²) in [5.74, 6) is -1.68. The third-order valence-corrected chi connectivity index (χ3v) is 9.22. The van der Waals surface area contributed by atoms with E-state index in [9.17, 15) is 14.4 Å². The summed E-state index contributed by atoms with van der Waals surface area (Å²) in [5, 5.41) is 3.57. The Labute approximate surface area is 252 Å². The van der Waals surface area contributed by atoms with Crippen LogP contribution in [0, 0.1) is 5.92 Å². The summed E-state index contributed by atoms with van der Waals surface area (Å²) in [4.78, 5) is 45.9. The van der Waals surface area contributed by atoms with Crippen molar-refractivity contribution in [2.75, 3.05) is 12.4 Å². The van der Waals surface area contributed by atoms with Gasteiger partial charge in [-0.2, -0.15) is 0 Å². The Balaban J connectivity index is 1.54. The molecule has 6 nitrogen and oxygen atoms in total. The maximum absolute atomic E-state index is 14.9. The number of benzene rings is 4. The van der Waals surface area contributed by atoms with Crippen molar-refractivity contribution in [2.45, 2.75) is 17.5 Å². The van der Waals surface area contributed by atoms with Crippen LogP contribution in [0.15, 0.2) is 97.2 Å². The molecule has 0 bridgehead atoms. The molecule has 1 amide bonds. The van der Waals surface area contributed by atoms with Gasteiger partial charge in [-0.15, -0.1) is 0 Å². The lowest BCUT2D eigenvalue weighted by atomic mass is 9.62. The lowest BCUT2D eigenvalue weighted by Gasteiger charge is -2.38. The standard InChI is InChI=1S/C34H24Cl2N2O4/c1-42-22-9-6-8-20(17-22)30(39)29-28(31(40)24-14-13-21(35)18-26(24)36)34(25-11-4-5-12-27(25)37-33(34)41)32-23-10-3-2-7-19(23)15-16-38(29)32/h2-18,28-29,32H,1H3,(H,37,41)/t28-,29+,32+,34+/m1/s1. The van der Waals surface area contributed by atoms with E-state index in [0.29, 0.717) is 27.6 Å². The van der Waals surface area contributed by atoms with Gasteiger partial charge in [0.05, 0.1) is 24.1 Å². The van der Waals surface area contributed by atoms with Crippen molar-refractivity contribution < 1.29 is 19.1 Å². The van der Waals surface area contributed by atoms with Gasteiger partial charge >= 0.3 is 0 Å². The van der Waals surface area contributed by atoms with Gasteiger partial charge in [0.25, 0.3) is 0 Å². The van der Waals surface area contributed by atoms with E-state index in [0.717, 1.165) is 11.1 Å². The van der Waals surface area contributed by atoms with Crippen molar-refractivity contribution in [1.29, 1.82) is 0 Å². The summed E-state index contributed by atoms with van der Waals surface area (Å²) in [5.41, 5.74) is 2.17. The Kier molecular flexibility index (Phi) is 6.22. The highest BCUT2D eigenvalue weighted by Crippen LogP contribution is 2.62. The SMILES string of the molecule is COc1cccc(C(=O)[C@@H]2[C@H](C(=O)c3ccc(Cl)cc3Cl)[C@]3(C(=O)Nc4ccccc43)[C@@H]3c4ccccc4C=CN23)c1. The van der Waals surface area contributed by atoms with Gasteiger partial charge in [0.2, 0.25) is 5.91 Å². The van der Waals surface area contributed by atoms with Crippen molar-refractivity contribution in [3.63, 3.8) is 0 Å². The summed E-state index contributed by atoms with van der Waals surface area (Å²) >= 11 is 12.8. The van der Waals surface area contributed by atoms with Crippen molar-refractivity contribution >= 4 is 52.4 Å². The number of methoxy groups -OCH3 is 1. The lowest BCUT2D eigenvalue weighted by Crippen LogP contribution is -2.49. The molecule has 4 aromatic rings. The highest BCUT2D eigenvalue weighted by atomic mass is 35.5. The molecule has 0 aliphatic carbocycles. The molecule has 3 aliphatic heterocycles. The molecular weight excluding hydrogens is 571 g/mol. The maximum atomic E-state index is 14.9. The number of ketones is 2. The summed E-state index contributed by atoms with van der Waals surface area (Å²) < 4.78 is 5.41. The topological polar surface area (TPSA) is 75.7 Å². The molecule has 1 saturated heterocycles. The van der Waals surface area contributed by atoms with E-state index in [1.165, 1.54) is 13.2 Å². The quantitative estimate of drug-likeness (QED) is 0.252. The number of carbonyl (C=O) groups is 3. The Hall–Kier alpha value is -4.39. The highest BCUT2D eigenvalue weighted by Gasteiger charge is 2.70. The maximum Gasteiger partial charge on any atom is 0.238 e. The van der Waals surface area contributed by atoms with E-state index >= 15 is 0 Å². The molecule has 4 aromatic carbocycles. The number of carbonyl (C=O) groups excluding carboxylic acids is 3. The van der Waals surface area contributed by atoms with Crippen LogP contribution in [0.2, 0.25) is 10.0 Å². The molecular formula is C34H24Cl2N2O4. The molecule has 8 heteroatoms. The molecule has 0 saturated carbocycles. The van der Waals surface area contributed by atoms with Crippen molar-refractivity contribution in [3.05, 3.63) is 135 Å². The number of rotatable bonds is 5. The minimum atomic E-state index is -1.45. The number of fused-ring (bicyclic) bond motifs is 6. The van der Waals surface area contributed by atoms with Crippen LogP contribution in [0.25, 0.3) is 6.08 Å². The fraction of sp³-hybridized carbons (Fsp3) is 0.147. The largest absolute Gasteiger partial charge is 0.497 e. The number of amides is 1. The minimum Gasteiger partial charge on any atom is -0.497 e. The first kappa shape index (κ1) is 26.5. The number of para-hydroxylation sites is 1. The van der Waals surface area contributed by atoms with Crippen molar-refractivity contribution in [2.24, 2.45) is 5.92 Å². The van der Waals surface area contributed by atoms with Crippen molar-refractivity contribution in [1.82, 2.24) is 4.90 Å². The first-order chi connectivity index (χ1) is 20.4. The van der Waals surface area contributed by atoms with Gasteiger partial charge in [-0.1, -0.05) is 77.8 Å². The number of ether oxygens (including phenoxy) is 1. The van der Waals surface area contributed by atoms with E-state index in [4.69, 9.17) is 27.9 Å². The predicted molar refractivity (Wildman–Crippen MR) is 162 cm³/mol. The van der Waals surface area contributed by atoms with Gasteiger partial charge in [0.1, 0.15) is 17.2 Å². The average Bonchev–Trinajstić information content (AvgIpc) is 3.48. The number of Topliss-reactive ketones (excluding diaryl/α,β-unsaturated/α-hetero) is 2. The number of anilines is 1. The molecule has 3 heterocycles. The van der Waals surface area contributed by atoms with E-state index in [-0.39, 0.29) is 22.3 Å². The zero-order valence-electron chi connectivity index (χ0n) is 22.4. The monoisotopic (exact) mass is 594 g/mol. The Morgan fingerprint density at radius 1 is 0.905 bits per heavy atom. The molecule has 0 radical (unpaired) electrons. The fourth-order valence-electron chi connectivity index (χ4n) is 6.97. The van der Waals surface area contributed by atoms with Gasteiger partial charge in [-0.05, 0) is 59.2 Å². The van der Waals surface area contributed by atoms with Crippen LogP contribution in [0.3, 0.4) is 0 Å². The molecule has 7 rings (SSSR count). The van der Waals surface area contributed by atoms with E-state index in [1.807, 2.05) is 65.7 Å². The van der Waals surface area contributed by atoms with E-state index in [2.05, 4.69) is 5.32 Å². The summed E-state index contributed by atoms with van der Waals surface area (Å²) in [6, 6.07) is 25.0. The number of nitrogens with zero attached hydrogens (tertiary/aromatic N) is 1. The Morgan fingerprint density at radius 3 is 2.50 bits per heavy atom. The second-order valence-corrected chi connectivity index (χ2v) is 11.5. The summed E-state index contributed by atoms with van der Waals surface area (Å²) in [7, 11) is 1.53. The predicted octanol–water partition coefficient (Wildman–Crippen LogP) is 6.98. The van der Waals surface area contributed by atoms with E-state index < -0.39 is 29.2 Å². The number of hydrogen-bond acceptors (Lipinski definition) is 5. The van der Waals surface area contributed by atoms with Crippen LogP contribution >= 0.6 is 23.2 Å². The van der Waals surface area contributed by atoms with Crippen LogP contribution in [0.1, 0.15) is 43.4 Å². The molecule has 0 aromatic heterocycles. The van der Waals surface area contributed by atoms with Crippen LogP contribution in [0.5, 0.6) is 5.75 Å². The highest BCUT2D eigenvalue weighted by molar-refractivity contribution is 6.37. The Morgan fingerprint density at radius 2 is 1.69 bits per heavy atom. The molecule has 42 heavy (non-hydrogen) atoms. The zero-order chi connectivity index (χ0) is 29.2. The summed E-state index contributed by atoms with van der Waals surface area (Å²) in [6.45, 7) is 0. The van der Waals surface area contributed by atoms with Gasteiger partial charge in [0.15, 0.2) is 11.6 Å². The smallest absolute Gasteiger partial charge is 0.238 e. The molecule has 1 fully saturated rings. The van der Waals surface area contributed by atoms with Gasteiger partial charge in [0, 0.05) is 28.0 Å². The van der Waals surface area contributed by atoms with Crippen LogP contribution in [-0.2, 0) is 10.2 Å². The number of halogens is 2. The Bertz CT molecular complexity index is 1840. The third kappa shape index (κ3) is 3.68. The first-order valence-electron chi connectivity index (χ1n) is 13.5. The number of hydrogen-bond donors (Lipinski definition) is 1. The molecule has 0 unspecified atom stereocenters. The second kappa shape index (κ2) is 9.86. The van der Waals surface area contributed by atoms with Gasteiger partial charge < -0.3 is 15.0 Å². The molecule has 1 N–H and O–H groups in total. The van der Waals surface area contributed by atoms with Crippen molar-refractivity contribution in [3.8, 4) is 5.75 Å². The zero-order valence-corrected chi connectivity index (χ0v) is 23.9. The normalized spacial score (nSPS) is 23.3. The third-order valence-electron chi connectivity index (χ3n) is 8.67.